The lowest BCUT2D eigenvalue weighted by atomic mass is 9.98. The van der Waals surface area contributed by atoms with Crippen molar-refractivity contribution in [1.29, 1.82) is 0 Å². The lowest BCUT2D eigenvalue weighted by Gasteiger charge is -2.24. The first-order chi connectivity index (χ1) is 5.95. The van der Waals surface area contributed by atoms with Crippen LogP contribution in [-0.2, 0) is 0 Å². The number of rotatable bonds is 5. The van der Waals surface area contributed by atoms with Gasteiger partial charge in [0, 0.05) is 11.4 Å². The molecule has 0 aliphatic rings. The second kappa shape index (κ2) is 5.29. The third-order valence-corrected chi connectivity index (χ3v) is 2.35. The molecule has 0 N–H and O–H groups in total. The molecule has 0 aromatic rings. The fourth-order valence-corrected chi connectivity index (χ4v) is 1.78. The first-order valence-corrected chi connectivity index (χ1v) is 4.86. The maximum absolute atomic E-state index is 13.0. The van der Waals surface area contributed by atoms with E-state index in [4.69, 9.17) is 0 Å². The molecule has 2 unspecified atom stereocenters. The lowest BCUT2D eigenvalue weighted by molar-refractivity contribution is 0.647. The van der Waals surface area contributed by atoms with Gasteiger partial charge in [-0.2, -0.15) is 0 Å². The first kappa shape index (κ1) is 12.5. The van der Waals surface area contributed by atoms with Crippen molar-refractivity contribution in [3.8, 4) is 0 Å². The van der Waals surface area contributed by atoms with Gasteiger partial charge in [-0.3, -0.25) is 4.99 Å². The summed E-state index contributed by atoms with van der Waals surface area (Å²) in [6, 6.07) is 0. The van der Waals surface area contributed by atoms with Crippen LogP contribution in [0.1, 0.15) is 26.7 Å². The number of hydrogen-bond donors (Lipinski definition) is 0. The largest absolute Gasteiger partial charge is 0.258 e. The minimum absolute atomic E-state index is 0.339. The van der Waals surface area contributed by atoms with E-state index in [1.54, 1.807) is 0 Å². The Morgan fingerprint density at radius 3 is 2.54 bits per heavy atom. The summed E-state index contributed by atoms with van der Waals surface area (Å²) in [5.41, 5.74) is 0.370. The predicted octanol–water partition coefficient (Wildman–Crippen LogP) is 3.49. The van der Waals surface area contributed by atoms with E-state index in [2.05, 4.69) is 34.3 Å². The van der Waals surface area contributed by atoms with Crippen LogP contribution in [0.3, 0.4) is 0 Å². The maximum Gasteiger partial charge on any atom is 0.138 e. The van der Waals surface area contributed by atoms with E-state index in [1.165, 1.54) is 6.20 Å². The van der Waals surface area contributed by atoms with E-state index < -0.39 is 5.83 Å². The van der Waals surface area contributed by atoms with Crippen LogP contribution in [-0.4, -0.2) is 10.9 Å². The minimum Gasteiger partial charge on any atom is -0.258 e. The molecule has 0 radical (unpaired) electrons. The summed E-state index contributed by atoms with van der Waals surface area (Å²) >= 11 is 0. The molecule has 0 fully saturated rings. The molecule has 1 nitrogen and oxygen atoms in total. The Bertz CT molecular complexity index is 231. The Kier molecular flexibility index (Phi) is 5.09. The van der Waals surface area contributed by atoms with Crippen LogP contribution >= 0.6 is 9.24 Å². The Labute approximate surface area is 82.0 Å². The molecule has 2 atom stereocenters. The quantitative estimate of drug-likeness (QED) is 0.477. The molecule has 0 heterocycles. The van der Waals surface area contributed by atoms with E-state index in [0.29, 0.717) is 5.71 Å². The van der Waals surface area contributed by atoms with Crippen molar-refractivity contribution >= 4 is 15.0 Å². The summed E-state index contributed by atoms with van der Waals surface area (Å²) in [6.07, 6.45) is 3.18. The molecule has 0 aromatic heterocycles. The van der Waals surface area contributed by atoms with Crippen molar-refractivity contribution in [1.82, 2.24) is 0 Å². The van der Waals surface area contributed by atoms with Crippen LogP contribution in [0.25, 0.3) is 0 Å². The van der Waals surface area contributed by atoms with Gasteiger partial charge in [0.2, 0.25) is 0 Å². The smallest absolute Gasteiger partial charge is 0.138 e. The summed E-state index contributed by atoms with van der Waals surface area (Å²) in [6.45, 7) is 10.7. The van der Waals surface area contributed by atoms with Gasteiger partial charge < -0.3 is 0 Å². The Morgan fingerprint density at radius 2 is 2.23 bits per heavy atom. The average Bonchev–Trinajstić information content (AvgIpc) is 1.99. The topological polar surface area (TPSA) is 12.4 Å². The van der Waals surface area contributed by atoms with Gasteiger partial charge >= 0.3 is 0 Å². The van der Waals surface area contributed by atoms with Crippen molar-refractivity contribution in [2.24, 2.45) is 4.99 Å². The normalized spacial score (nSPS) is 16.5. The van der Waals surface area contributed by atoms with E-state index in [-0.39, 0.29) is 5.16 Å². The monoisotopic (exact) mass is 201 g/mol. The summed E-state index contributed by atoms with van der Waals surface area (Å²) in [5.74, 6) is -0.481. The van der Waals surface area contributed by atoms with Gasteiger partial charge in [-0.15, -0.1) is 9.24 Å². The zero-order valence-electron chi connectivity index (χ0n) is 8.31. The molecule has 0 saturated heterocycles. The molecule has 0 rings (SSSR count). The lowest BCUT2D eigenvalue weighted by Crippen LogP contribution is -2.28. The molecule has 0 saturated carbocycles. The van der Waals surface area contributed by atoms with Crippen LogP contribution in [0.2, 0.25) is 0 Å². The van der Waals surface area contributed by atoms with Crippen molar-refractivity contribution in [2.75, 3.05) is 0 Å². The second-order valence-electron chi connectivity index (χ2n) is 3.23. The predicted molar refractivity (Wildman–Crippen MR) is 60.9 cm³/mol. The highest BCUT2D eigenvalue weighted by atomic mass is 31.0. The molecule has 3 heteroatoms. The standard InChI is InChI=1S/C10H17FNP/c1-5-7-10(4,13)9(8(3)11)12-6-2/h6H,2-3,5,7,13H2,1,4H3. The Hall–Kier alpha value is -0.490. The van der Waals surface area contributed by atoms with Crippen molar-refractivity contribution < 1.29 is 4.39 Å². The highest BCUT2D eigenvalue weighted by Gasteiger charge is 2.26. The number of nitrogens with zero attached hydrogens (tertiary/aromatic N) is 1. The van der Waals surface area contributed by atoms with Crippen LogP contribution in [0, 0.1) is 0 Å². The van der Waals surface area contributed by atoms with Gasteiger partial charge in [0.05, 0.1) is 5.71 Å². The Balaban J connectivity index is 4.83. The maximum atomic E-state index is 13.0. The van der Waals surface area contributed by atoms with Gasteiger partial charge in [-0.1, -0.05) is 33.4 Å². The third-order valence-electron chi connectivity index (χ3n) is 1.79. The zero-order chi connectivity index (χ0) is 10.5. The summed E-state index contributed by atoms with van der Waals surface area (Å²) in [5, 5.41) is -0.339. The van der Waals surface area contributed by atoms with Crippen molar-refractivity contribution in [3.63, 3.8) is 0 Å². The summed E-state index contributed by atoms with van der Waals surface area (Å²) < 4.78 is 13.0. The molecule has 0 aliphatic heterocycles. The molecular formula is C10H17FNP. The number of hydrogen-bond acceptors (Lipinski definition) is 1. The number of halogens is 1. The molecule has 0 bridgehead atoms. The molecular weight excluding hydrogens is 184 g/mol. The van der Waals surface area contributed by atoms with E-state index in [1.807, 2.05) is 6.92 Å². The fourth-order valence-electron chi connectivity index (χ4n) is 1.26. The second-order valence-corrected chi connectivity index (χ2v) is 4.51. The van der Waals surface area contributed by atoms with Crippen LogP contribution in [0.4, 0.5) is 4.39 Å². The van der Waals surface area contributed by atoms with Crippen LogP contribution in [0.15, 0.2) is 30.2 Å². The van der Waals surface area contributed by atoms with E-state index >= 15 is 0 Å². The average molecular weight is 201 g/mol. The van der Waals surface area contributed by atoms with Crippen molar-refractivity contribution in [2.45, 2.75) is 31.8 Å². The van der Waals surface area contributed by atoms with Gasteiger partial charge in [-0.25, -0.2) is 4.39 Å². The minimum atomic E-state index is -0.481. The molecule has 74 valence electrons. The highest BCUT2D eigenvalue weighted by molar-refractivity contribution is 7.21. The molecule has 0 aliphatic carbocycles. The van der Waals surface area contributed by atoms with Gasteiger partial charge in [0.1, 0.15) is 5.83 Å². The fraction of sp³-hybridized carbons (Fsp3) is 0.500. The molecule has 0 aromatic carbocycles. The third kappa shape index (κ3) is 3.82. The van der Waals surface area contributed by atoms with E-state index in [0.717, 1.165) is 12.8 Å². The summed E-state index contributed by atoms with van der Waals surface area (Å²) in [4.78, 5) is 3.90. The summed E-state index contributed by atoms with van der Waals surface area (Å²) in [7, 11) is 2.61. The SMILES string of the molecule is C=CN=C(C(=C)F)C(C)(P)CCC. The Morgan fingerprint density at radius 1 is 1.69 bits per heavy atom. The molecule has 13 heavy (non-hydrogen) atoms. The zero-order valence-corrected chi connectivity index (χ0v) is 9.46. The van der Waals surface area contributed by atoms with Crippen LogP contribution < -0.4 is 0 Å². The first-order valence-electron chi connectivity index (χ1n) is 4.28. The highest BCUT2D eigenvalue weighted by Crippen LogP contribution is 2.29. The van der Waals surface area contributed by atoms with Gasteiger partial charge in [0.25, 0.3) is 0 Å². The van der Waals surface area contributed by atoms with Crippen molar-refractivity contribution in [3.05, 3.63) is 25.2 Å². The van der Waals surface area contributed by atoms with Crippen LogP contribution in [0.5, 0.6) is 0 Å². The van der Waals surface area contributed by atoms with Gasteiger partial charge in [0.15, 0.2) is 0 Å². The number of aliphatic imine (C=N–C) groups is 1. The number of allylic oxidation sites excluding steroid dienone is 1. The van der Waals surface area contributed by atoms with Gasteiger partial charge in [-0.05, 0) is 6.42 Å². The van der Waals surface area contributed by atoms with E-state index in [9.17, 15) is 4.39 Å². The molecule has 0 spiro atoms. The molecule has 0 amide bonds.